The third-order valence-corrected chi connectivity index (χ3v) is 6.22. The summed E-state index contributed by atoms with van der Waals surface area (Å²) in [6, 6.07) is 15.6. The fourth-order valence-corrected chi connectivity index (χ4v) is 4.11. The van der Waals surface area contributed by atoms with E-state index in [2.05, 4.69) is 25.7 Å². The molecule has 3 aromatic rings. The van der Waals surface area contributed by atoms with Gasteiger partial charge < -0.3 is 19.7 Å². The molecular weight excluding hydrogens is 428 g/mol. The maximum atomic E-state index is 12.7. The van der Waals surface area contributed by atoms with Crippen LogP contribution in [-0.4, -0.2) is 64.8 Å². The van der Waals surface area contributed by atoms with Gasteiger partial charge in [0, 0.05) is 24.5 Å². The van der Waals surface area contributed by atoms with Gasteiger partial charge in [0.05, 0.1) is 32.1 Å². The number of carbonyl (C=O) groups excluding carboxylic acids is 1. The maximum Gasteiger partial charge on any atom is 0.237 e. The Bertz CT molecular complexity index is 1020. The van der Waals surface area contributed by atoms with E-state index in [1.807, 2.05) is 55.5 Å². The Balaban J connectivity index is 1.33. The number of morpholine rings is 1. The van der Waals surface area contributed by atoms with Gasteiger partial charge in [0.2, 0.25) is 11.1 Å². The van der Waals surface area contributed by atoms with Gasteiger partial charge in [-0.25, -0.2) is 4.68 Å². The van der Waals surface area contributed by atoms with Crippen molar-refractivity contribution in [1.82, 2.24) is 20.2 Å². The molecular formula is C22H26N6O3S. The summed E-state index contributed by atoms with van der Waals surface area (Å²) in [6.45, 7) is 5.59. The molecule has 1 aromatic heterocycles. The summed E-state index contributed by atoms with van der Waals surface area (Å²) in [5.74, 6) is 0.691. The zero-order valence-electron chi connectivity index (χ0n) is 18.1. The molecule has 1 fully saturated rings. The van der Waals surface area contributed by atoms with Crippen molar-refractivity contribution in [2.24, 2.45) is 0 Å². The second-order valence-corrected chi connectivity index (χ2v) is 8.67. The molecule has 1 aliphatic rings. The molecule has 1 atom stereocenters. The minimum Gasteiger partial charge on any atom is -0.497 e. The highest BCUT2D eigenvalue weighted by Gasteiger charge is 2.19. The standard InChI is InChI=1S/C22H26N6O3S/c1-16(21(29)23-18-5-7-19(8-6-18)27-11-13-31-14-12-27)32-22-24-25-26-28(22)15-17-3-9-20(30-2)10-4-17/h3-10,16H,11-15H2,1-2H3,(H,23,29). The highest BCUT2D eigenvalue weighted by atomic mass is 32.2. The Kier molecular flexibility index (Phi) is 7.23. The van der Waals surface area contributed by atoms with Crippen LogP contribution in [0.5, 0.6) is 5.75 Å². The third kappa shape index (κ3) is 5.57. The molecule has 0 radical (unpaired) electrons. The number of anilines is 2. The van der Waals surface area contributed by atoms with Crippen LogP contribution in [0.4, 0.5) is 11.4 Å². The van der Waals surface area contributed by atoms with Gasteiger partial charge in [-0.05, 0) is 59.3 Å². The number of nitrogens with one attached hydrogen (secondary N) is 1. The fraction of sp³-hybridized carbons (Fsp3) is 0.364. The second kappa shape index (κ2) is 10.5. The predicted octanol–water partition coefficient (Wildman–Crippen LogP) is 2.69. The minimum atomic E-state index is -0.366. The third-order valence-electron chi connectivity index (χ3n) is 5.15. The molecule has 1 saturated heterocycles. The SMILES string of the molecule is COc1ccc(Cn2nnnc2SC(C)C(=O)Nc2ccc(N3CCOCC3)cc2)cc1. The van der Waals surface area contributed by atoms with Crippen molar-refractivity contribution >= 4 is 29.0 Å². The molecule has 32 heavy (non-hydrogen) atoms. The molecule has 1 aliphatic heterocycles. The molecule has 0 saturated carbocycles. The van der Waals surface area contributed by atoms with Crippen LogP contribution in [0.25, 0.3) is 0 Å². The van der Waals surface area contributed by atoms with Crippen LogP contribution in [0.3, 0.4) is 0 Å². The zero-order chi connectivity index (χ0) is 22.3. The molecule has 168 valence electrons. The number of rotatable bonds is 8. The zero-order valence-corrected chi connectivity index (χ0v) is 18.9. The highest BCUT2D eigenvalue weighted by molar-refractivity contribution is 8.00. The van der Waals surface area contributed by atoms with Crippen LogP contribution < -0.4 is 15.0 Å². The van der Waals surface area contributed by atoms with Crippen LogP contribution in [0.2, 0.25) is 0 Å². The monoisotopic (exact) mass is 454 g/mol. The van der Waals surface area contributed by atoms with Crippen LogP contribution in [0.1, 0.15) is 12.5 Å². The first-order valence-corrected chi connectivity index (χ1v) is 11.3. The van der Waals surface area contributed by atoms with Gasteiger partial charge in [0.25, 0.3) is 0 Å². The van der Waals surface area contributed by atoms with Gasteiger partial charge in [-0.3, -0.25) is 4.79 Å². The Morgan fingerprint density at radius 1 is 1.16 bits per heavy atom. The van der Waals surface area contributed by atoms with Gasteiger partial charge in [0.15, 0.2) is 0 Å². The van der Waals surface area contributed by atoms with Gasteiger partial charge in [0.1, 0.15) is 5.75 Å². The number of nitrogens with zero attached hydrogens (tertiary/aromatic N) is 5. The van der Waals surface area contributed by atoms with Gasteiger partial charge >= 0.3 is 0 Å². The number of hydrogen-bond donors (Lipinski definition) is 1. The maximum absolute atomic E-state index is 12.7. The Morgan fingerprint density at radius 3 is 2.56 bits per heavy atom. The first-order chi connectivity index (χ1) is 15.6. The lowest BCUT2D eigenvalue weighted by Gasteiger charge is -2.28. The number of benzene rings is 2. The lowest BCUT2D eigenvalue weighted by atomic mass is 10.2. The van der Waals surface area contributed by atoms with E-state index in [0.717, 1.165) is 49.0 Å². The van der Waals surface area contributed by atoms with Crippen molar-refractivity contribution in [3.05, 3.63) is 54.1 Å². The number of aromatic nitrogens is 4. The van der Waals surface area contributed by atoms with E-state index < -0.39 is 0 Å². The molecule has 2 aromatic carbocycles. The van der Waals surface area contributed by atoms with Crippen molar-refractivity contribution in [3.8, 4) is 5.75 Å². The number of hydrogen-bond acceptors (Lipinski definition) is 8. The number of thioether (sulfide) groups is 1. The average Bonchev–Trinajstić information content (AvgIpc) is 3.27. The first kappa shape index (κ1) is 22.1. The Morgan fingerprint density at radius 2 is 1.88 bits per heavy atom. The quantitative estimate of drug-likeness (QED) is 0.519. The number of amides is 1. The lowest BCUT2D eigenvalue weighted by Crippen LogP contribution is -2.36. The fourth-order valence-electron chi connectivity index (χ4n) is 3.32. The molecule has 0 bridgehead atoms. The summed E-state index contributed by atoms with van der Waals surface area (Å²) in [7, 11) is 1.63. The van der Waals surface area contributed by atoms with Crippen molar-refractivity contribution in [3.63, 3.8) is 0 Å². The molecule has 1 amide bonds. The largest absolute Gasteiger partial charge is 0.497 e. The van der Waals surface area contributed by atoms with E-state index >= 15 is 0 Å². The molecule has 0 aliphatic carbocycles. The summed E-state index contributed by atoms with van der Waals surface area (Å²) >= 11 is 1.32. The van der Waals surface area contributed by atoms with E-state index in [4.69, 9.17) is 9.47 Å². The topological polar surface area (TPSA) is 94.4 Å². The van der Waals surface area contributed by atoms with Crippen molar-refractivity contribution < 1.29 is 14.3 Å². The van der Waals surface area contributed by atoms with Crippen LogP contribution >= 0.6 is 11.8 Å². The van der Waals surface area contributed by atoms with E-state index in [1.54, 1.807) is 11.8 Å². The summed E-state index contributed by atoms with van der Waals surface area (Å²) in [4.78, 5) is 15.0. The van der Waals surface area contributed by atoms with Gasteiger partial charge in [-0.2, -0.15) is 0 Å². The molecule has 2 heterocycles. The molecule has 10 heteroatoms. The Hall–Kier alpha value is -3.11. The predicted molar refractivity (Wildman–Crippen MR) is 123 cm³/mol. The van der Waals surface area contributed by atoms with E-state index in [1.165, 1.54) is 11.8 Å². The second-order valence-electron chi connectivity index (χ2n) is 7.36. The molecule has 0 spiro atoms. The van der Waals surface area contributed by atoms with Gasteiger partial charge in [-0.15, -0.1) is 5.10 Å². The van der Waals surface area contributed by atoms with E-state index in [-0.39, 0.29) is 11.2 Å². The average molecular weight is 455 g/mol. The van der Waals surface area contributed by atoms with Crippen LogP contribution in [0.15, 0.2) is 53.7 Å². The van der Waals surface area contributed by atoms with Gasteiger partial charge in [-0.1, -0.05) is 23.9 Å². The Labute approximate surface area is 191 Å². The lowest BCUT2D eigenvalue weighted by molar-refractivity contribution is -0.115. The number of ether oxygens (including phenoxy) is 2. The minimum absolute atomic E-state index is 0.104. The van der Waals surface area contributed by atoms with Crippen LogP contribution in [0, 0.1) is 0 Å². The summed E-state index contributed by atoms with van der Waals surface area (Å²) in [5.41, 5.74) is 2.93. The normalized spacial score (nSPS) is 14.8. The summed E-state index contributed by atoms with van der Waals surface area (Å²) in [6.07, 6.45) is 0. The molecule has 1 N–H and O–H groups in total. The summed E-state index contributed by atoms with van der Waals surface area (Å²) < 4.78 is 12.3. The van der Waals surface area contributed by atoms with Crippen molar-refractivity contribution in [2.75, 3.05) is 43.6 Å². The van der Waals surface area contributed by atoms with Crippen molar-refractivity contribution in [2.45, 2.75) is 23.9 Å². The van der Waals surface area contributed by atoms with Crippen LogP contribution in [-0.2, 0) is 16.1 Å². The van der Waals surface area contributed by atoms with E-state index in [9.17, 15) is 4.79 Å². The number of carbonyl (C=O) groups is 1. The molecule has 1 unspecified atom stereocenters. The van der Waals surface area contributed by atoms with E-state index in [0.29, 0.717) is 11.7 Å². The first-order valence-electron chi connectivity index (χ1n) is 10.4. The van der Waals surface area contributed by atoms with Crippen molar-refractivity contribution in [1.29, 1.82) is 0 Å². The smallest absolute Gasteiger partial charge is 0.237 e. The highest BCUT2D eigenvalue weighted by Crippen LogP contribution is 2.24. The number of methoxy groups -OCH3 is 1. The number of tetrazole rings is 1. The summed E-state index contributed by atoms with van der Waals surface area (Å²) in [5, 5.41) is 15.1. The molecule has 9 nitrogen and oxygen atoms in total. The molecule has 4 rings (SSSR count).